The van der Waals surface area contributed by atoms with Crippen LogP contribution in [0.1, 0.15) is 32.3 Å². The van der Waals surface area contributed by atoms with Crippen molar-refractivity contribution in [1.82, 2.24) is 15.1 Å². The third-order valence-corrected chi connectivity index (χ3v) is 5.64. The molecule has 1 fully saturated rings. The fraction of sp³-hybridized carbons (Fsp3) is 0.727. The van der Waals surface area contributed by atoms with Crippen LogP contribution in [0.5, 0.6) is 11.5 Å². The SMILES string of the molecule is COc1cc(CNCC2CCN(C)CC2)ccc1OCC(O)CN(C)C(C)C. The molecule has 0 aromatic heterocycles. The average molecular weight is 394 g/mol. The van der Waals surface area contributed by atoms with Crippen molar-refractivity contribution in [2.45, 2.75) is 45.4 Å². The van der Waals surface area contributed by atoms with E-state index >= 15 is 0 Å². The lowest BCUT2D eigenvalue weighted by molar-refractivity contribution is 0.0668. The molecule has 1 aromatic rings. The van der Waals surface area contributed by atoms with Gasteiger partial charge in [0.25, 0.3) is 0 Å². The number of rotatable bonds is 11. The summed E-state index contributed by atoms with van der Waals surface area (Å²) in [7, 11) is 5.85. The molecule has 0 saturated carbocycles. The van der Waals surface area contributed by atoms with E-state index in [4.69, 9.17) is 9.47 Å². The highest BCUT2D eigenvalue weighted by atomic mass is 16.5. The molecule has 1 unspecified atom stereocenters. The zero-order chi connectivity index (χ0) is 20.5. The van der Waals surface area contributed by atoms with E-state index in [0.29, 0.717) is 24.1 Å². The summed E-state index contributed by atoms with van der Waals surface area (Å²) >= 11 is 0. The molecule has 0 aliphatic carbocycles. The van der Waals surface area contributed by atoms with Crippen molar-refractivity contribution >= 4 is 0 Å². The Morgan fingerprint density at radius 2 is 1.96 bits per heavy atom. The van der Waals surface area contributed by atoms with Gasteiger partial charge in [-0.3, -0.25) is 0 Å². The maximum atomic E-state index is 10.2. The standard InChI is InChI=1S/C22H39N3O3/c1-17(2)25(4)15-20(26)16-28-21-7-6-19(12-22(21)27-5)14-23-13-18-8-10-24(3)11-9-18/h6-7,12,17-18,20,23,26H,8-11,13-16H2,1-5H3. The highest BCUT2D eigenvalue weighted by molar-refractivity contribution is 5.43. The zero-order valence-corrected chi connectivity index (χ0v) is 18.3. The molecule has 0 bridgehead atoms. The second kappa shape index (κ2) is 11.6. The van der Waals surface area contributed by atoms with Gasteiger partial charge in [0.2, 0.25) is 0 Å². The average Bonchev–Trinajstić information content (AvgIpc) is 2.68. The van der Waals surface area contributed by atoms with Crippen LogP contribution >= 0.6 is 0 Å². The van der Waals surface area contributed by atoms with Crippen molar-refractivity contribution in [3.05, 3.63) is 23.8 Å². The Bertz CT molecular complexity index is 574. The van der Waals surface area contributed by atoms with E-state index in [9.17, 15) is 5.11 Å². The fourth-order valence-electron chi connectivity index (χ4n) is 3.41. The van der Waals surface area contributed by atoms with Gasteiger partial charge in [-0.05, 0) is 84.0 Å². The Labute approximate surface area is 170 Å². The molecule has 1 atom stereocenters. The normalized spacial score (nSPS) is 17.3. The van der Waals surface area contributed by atoms with Crippen LogP contribution in [-0.2, 0) is 6.54 Å². The number of aliphatic hydroxyl groups is 1. The van der Waals surface area contributed by atoms with E-state index in [2.05, 4.69) is 42.1 Å². The van der Waals surface area contributed by atoms with Crippen molar-refractivity contribution in [2.24, 2.45) is 5.92 Å². The molecule has 6 heteroatoms. The lowest BCUT2D eigenvalue weighted by atomic mass is 9.97. The highest BCUT2D eigenvalue weighted by Gasteiger charge is 2.16. The van der Waals surface area contributed by atoms with E-state index < -0.39 is 6.10 Å². The molecule has 1 aliphatic heterocycles. The summed E-state index contributed by atoms with van der Waals surface area (Å²) in [6.07, 6.45) is 2.01. The molecule has 1 aliphatic rings. The van der Waals surface area contributed by atoms with Crippen LogP contribution in [0.4, 0.5) is 0 Å². The van der Waals surface area contributed by atoms with Crippen LogP contribution in [0.25, 0.3) is 0 Å². The van der Waals surface area contributed by atoms with Crippen molar-refractivity contribution in [3.8, 4) is 11.5 Å². The van der Waals surface area contributed by atoms with Crippen molar-refractivity contribution in [1.29, 1.82) is 0 Å². The molecule has 1 saturated heterocycles. The number of hydrogen-bond donors (Lipinski definition) is 2. The Balaban J connectivity index is 1.79. The maximum Gasteiger partial charge on any atom is 0.161 e. The van der Waals surface area contributed by atoms with E-state index in [0.717, 1.165) is 19.0 Å². The van der Waals surface area contributed by atoms with Crippen LogP contribution < -0.4 is 14.8 Å². The quantitative estimate of drug-likeness (QED) is 0.601. The maximum absolute atomic E-state index is 10.2. The lowest BCUT2D eigenvalue weighted by Crippen LogP contribution is -2.37. The topological polar surface area (TPSA) is 57.2 Å². The smallest absolute Gasteiger partial charge is 0.161 e. The number of likely N-dealkylation sites (N-methyl/N-ethyl adjacent to an activating group) is 1. The number of benzene rings is 1. The van der Waals surface area contributed by atoms with Crippen LogP contribution in [0.2, 0.25) is 0 Å². The number of nitrogens with one attached hydrogen (secondary N) is 1. The molecule has 6 nitrogen and oxygen atoms in total. The minimum Gasteiger partial charge on any atom is -0.493 e. The van der Waals surface area contributed by atoms with E-state index in [1.165, 1.54) is 31.5 Å². The minimum atomic E-state index is -0.534. The summed E-state index contributed by atoms with van der Waals surface area (Å²) in [5, 5.41) is 13.8. The first-order chi connectivity index (χ1) is 13.4. The monoisotopic (exact) mass is 393 g/mol. The van der Waals surface area contributed by atoms with Crippen LogP contribution in [0.15, 0.2) is 18.2 Å². The van der Waals surface area contributed by atoms with Crippen molar-refractivity contribution < 1.29 is 14.6 Å². The summed E-state index contributed by atoms with van der Waals surface area (Å²) < 4.78 is 11.3. The fourth-order valence-corrected chi connectivity index (χ4v) is 3.41. The van der Waals surface area contributed by atoms with Gasteiger partial charge in [-0.1, -0.05) is 6.07 Å². The zero-order valence-electron chi connectivity index (χ0n) is 18.3. The van der Waals surface area contributed by atoms with Gasteiger partial charge >= 0.3 is 0 Å². The van der Waals surface area contributed by atoms with Crippen LogP contribution in [0, 0.1) is 5.92 Å². The third kappa shape index (κ3) is 7.59. The van der Waals surface area contributed by atoms with Crippen molar-refractivity contribution in [3.63, 3.8) is 0 Å². The molecule has 2 rings (SSSR count). The second-order valence-electron chi connectivity index (χ2n) is 8.36. The molecular formula is C22H39N3O3. The van der Waals surface area contributed by atoms with Gasteiger partial charge in [0, 0.05) is 19.1 Å². The Hall–Kier alpha value is -1.34. The van der Waals surface area contributed by atoms with E-state index in [1.54, 1.807) is 7.11 Å². The molecule has 1 heterocycles. The number of hydrogen-bond acceptors (Lipinski definition) is 6. The Morgan fingerprint density at radius 1 is 1.25 bits per heavy atom. The van der Waals surface area contributed by atoms with Crippen LogP contribution in [0.3, 0.4) is 0 Å². The summed E-state index contributed by atoms with van der Waals surface area (Å²) in [4.78, 5) is 4.50. The number of likely N-dealkylation sites (tertiary alicyclic amines) is 1. The summed E-state index contributed by atoms with van der Waals surface area (Å²) in [6.45, 7) is 9.33. The van der Waals surface area contributed by atoms with E-state index in [1.807, 2.05) is 19.2 Å². The predicted octanol–water partition coefficient (Wildman–Crippen LogP) is 2.21. The molecule has 160 valence electrons. The molecule has 2 N–H and O–H groups in total. The largest absolute Gasteiger partial charge is 0.493 e. The highest BCUT2D eigenvalue weighted by Crippen LogP contribution is 2.28. The summed E-state index contributed by atoms with van der Waals surface area (Å²) in [6, 6.07) is 6.41. The minimum absolute atomic E-state index is 0.251. The molecule has 0 radical (unpaired) electrons. The van der Waals surface area contributed by atoms with Gasteiger partial charge in [-0.25, -0.2) is 0 Å². The molecular weight excluding hydrogens is 354 g/mol. The number of piperidine rings is 1. The Kier molecular flexibility index (Phi) is 9.51. The van der Waals surface area contributed by atoms with Gasteiger partial charge in [0.15, 0.2) is 11.5 Å². The summed E-state index contributed by atoms with van der Waals surface area (Å²) in [5.74, 6) is 2.15. The summed E-state index contributed by atoms with van der Waals surface area (Å²) in [5.41, 5.74) is 1.18. The first kappa shape index (κ1) is 22.9. The number of nitrogens with zero attached hydrogens (tertiary/aromatic N) is 2. The van der Waals surface area contributed by atoms with Gasteiger partial charge in [0.05, 0.1) is 7.11 Å². The number of aliphatic hydroxyl groups excluding tert-OH is 1. The molecule has 28 heavy (non-hydrogen) atoms. The molecule has 1 aromatic carbocycles. The van der Waals surface area contributed by atoms with E-state index in [-0.39, 0.29) is 6.61 Å². The van der Waals surface area contributed by atoms with Crippen LogP contribution in [-0.4, -0.2) is 81.0 Å². The Morgan fingerprint density at radius 3 is 2.61 bits per heavy atom. The third-order valence-electron chi connectivity index (χ3n) is 5.64. The predicted molar refractivity (Wildman–Crippen MR) is 114 cm³/mol. The first-order valence-electron chi connectivity index (χ1n) is 10.5. The van der Waals surface area contributed by atoms with Crippen molar-refractivity contribution in [2.75, 3.05) is 54.0 Å². The van der Waals surface area contributed by atoms with Gasteiger partial charge in [-0.15, -0.1) is 0 Å². The molecule has 0 spiro atoms. The van der Waals surface area contributed by atoms with Gasteiger partial charge in [-0.2, -0.15) is 0 Å². The number of ether oxygens (including phenoxy) is 2. The number of methoxy groups -OCH3 is 1. The second-order valence-corrected chi connectivity index (χ2v) is 8.36. The van der Waals surface area contributed by atoms with Gasteiger partial charge < -0.3 is 29.7 Å². The molecule has 0 amide bonds. The first-order valence-corrected chi connectivity index (χ1v) is 10.5. The van der Waals surface area contributed by atoms with Gasteiger partial charge in [0.1, 0.15) is 12.7 Å². The lowest BCUT2D eigenvalue weighted by Gasteiger charge is -2.29.